The Hall–Kier alpha value is -2.73. The lowest BCUT2D eigenvalue weighted by atomic mass is 9.89. The van der Waals surface area contributed by atoms with E-state index in [9.17, 15) is 23.4 Å². The van der Waals surface area contributed by atoms with Crippen molar-refractivity contribution in [2.75, 3.05) is 26.1 Å². The maximum absolute atomic E-state index is 16.0. The summed E-state index contributed by atoms with van der Waals surface area (Å²) in [5, 5.41) is 22.0. The lowest BCUT2D eigenvalue weighted by Crippen LogP contribution is -2.35. The maximum atomic E-state index is 16.0. The molecule has 3 aliphatic rings. The lowest BCUT2D eigenvalue weighted by molar-refractivity contribution is -0.101. The number of halogens is 3. The number of nitrogens with zero attached hydrogens (tertiary/aromatic N) is 1. The van der Waals surface area contributed by atoms with Crippen molar-refractivity contribution in [3.05, 3.63) is 92.7 Å². The van der Waals surface area contributed by atoms with Crippen LogP contribution >= 0.6 is 23.2 Å². The molecule has 2 fully saturated rings. The predicted molar refractivity (Wildman–Crippen MR) is 162 cm³/mol. The number of amides is 1. The molecular weight excluding hydrogens is 632 g/mol. The number of fused-ring (bicyclic) bond motifs is 1. The first kappa shape index (κ1) is 31.3. The van der Waals surface area contributed by atoms with E-state index in [4.69, 9.17) is 32.7 Å². The van der Waals surface area contributed by atoms with E-state index in [0.717, 1.165) is 25.2 Å². The Balaban J connectivity index is 1.35. The van der Waals surface area contributed by atoms with Crippen molar-refractivity contribution < 1.29 is 37.3 Å². The molecule has 4 atom stereocenters. The third-order valence-corrected chi connectivity index (χ3v) is 10.8. The van der Waals surface area contributed by atoms with Gasteiger partial charge in [-0.3, -0.25) is 4.79 Å². The van der Waals surface area contributed by atoms with E-state index in [-0.39, 0.29) is 51.8 Å². The number of carbonyl (C=O) groups excluding carboxylic acids is 1. The van der Waals surface area contributed by atoms with Crippen molar-refractivity contribution >= 4 is 38.9 Å². The largest absolute Gasteiger partial charge is 0.464 e. The second kappa shape index (κ2) is 11.9. The average Bonchev–Trinajstić information content (AvgIpc) is 3.69. The molecule has 8 nitrogen and oxygen atoms in total. The van der Waals surface area contributed by atoms with Crippen LogP contribution in [0.4, 0.5) is 4.39 Å². The molecule has 3 unspecified atom stereocenters. The van der Waals surface area contributed by atoms with Crippen LogP contribution in [0.3, 0.4) is 0 Å². The molecule has 1 aliphatic carbocycles. The molecule has 2 N–H and O–H groups in total. The van der Waals surface area contributed by atoms with Crippen LogP contribution in [-0.4, -0.2) is 61.8 Å². The maximum Gasteiger partial charge on any atom is 0.255 e. The molecule has 2 heterocycles. The Labute approximate surface area is 265 Å². The summed E-state index contributed by atoms with van der Waals surface area (Å²) in [6.07, 6.45) is 1.87. The van der Waals surface area contributed by atoms with Gasteiger partial charge >= 0.3 is 0 Å². The molecule has 44 heavy (non-hydrogen) atoms. The van der Waals surface area contributed by atoms with Crippen molar-refractivity contribution in [3.63, 3.8) is 0 Å². The number of aliphatic hydroxyl groups excluding tert-OH is 2. The van der Waals surface area contributed by atoms with Crippen molar-refractivity contribution in [1.82, 2.24) is 4.90 Å². The highest BCUT2D eigenvalue weighted by Crippen LogP contribution is 2.60. The highest BCUT2D eigenvalue weighted by Gasteiger charge is 2.62. The normalized spacial score (nSPS) is 24.3. The zero-order chi connectivity index (χ0) is 31.4. The van der Waals surface area contributed by atoms with Gasteiger partial charge in [0, 0.05) is 47.7 Å². The quantitative estimate of drug-likeness (QED) is 0.295. The Kier molecular flexibility index (Phi) is 8.45. The van der Waals surface area contributed by atoms with E-state index < -0.39 is 39.3 Å². The smallest absolute Gasteiger partial charge is 0.255 e. The van der Waals surface area contributed by atoms with Gasteiger partial charge in [0.25, 0.3) is 5.91 Å². The van der Waals surface area contributed by atoms with E-state index in [1.54, 1.807) is 24.3 Å². The zero-order valence-electron chi connectivity index (χ0n) is 23.9. The van der Waals surface area contributed by atoms with Gasteiger partial charge in [0.05, 0.1) is 28.5 Å². The fourth-order valence-electron chi connectivity index (χ4n) is 6.78. The van der Waals surface area contributed by atoms with Crippen LogP contribution in [0.5, 0.6) is 5.75 Å². The number of sulfone groups is 1. The summed E-state index contributed by atoms with van der Waals surface area (Å²) in [7, 11) is -3.71. The fourth-order valence-corrected chi connectivity index (χ4v) is 8.09. The van der Waals surface area contributed by atoms with E-state index in [1.807, 2.05) is 0 Å². The van der Waals surface area contributed by atoms with E-state index >= 15 is 4.39 Å². The molecule has 1 saturated heterocycles. The second-order valence-electron chi connectivity index (χ2n) is 11.9. The topological polar surface area (TPSA) is 113 Å². The third-order valence-electron chi connectivity index (χ3n) is 9.18. The van der Waals surface area contributed by atoms with E-state index in [1.165, 1.54) is 29.2 Å². The molecular formula is C32H32Cl2FNO7S. The third kappa shape index (κ3) is 5.72. The van der Waals surface area contributed by atoms with Gasteiger partial charge in [-0.25, -0.2) is 12.8 Å². The molecule has 0 bridgehead atoms. The van der Waals surface area contributed by atoms with Crippen molar-refractivity contribution in [2.45, 2.75) is 43.0 Å². The van der Waals surface area contributed by atoms with Crippen LogP contribution < -0.4 is 4.74 Å². The Bertz CT molecular complexity index is 1700. The monoisotopic (exact) mass is 663 g/mol. The highest BCUT2D eigenvalue weighted by atomic mass is 35.5. The molecule has 1 saturated carbocycles. The SMILES string of the molecule is CS(=O)(=O)c1cc(Cl)ccc1CN1C(=O)c2cc(OC(O)C3(CO)CC3C3CCOCC3)cc(F)c2[C@H]1c1ccc(Cl)cc1. The summed E-state index contributed by atoms with van der Waals surface area (Å²) in [5.41, 5.74) is 0.132. The molecule has 2 aliphatic heterocycles. The van der Waals surface area contributed by atoms with E-state index in [2.05, 4.69) is 0 Å². The number of hydrogen-bond donors (Lipinski definition) is 2. The van der Waals surface area contributed by atoms with Crippen LogP contribution in [-0.2, 0) is 21.1 Å². The van der Waals surface area contributed by atoms with Crippen molar-refractivity contribution in [3.8, 4) is 5.75 Å². The van der Waals surface area contributed by atoms with Crippen molar-refractivity contribution in [1.29, 1.82) is 0 Å². The second-order valence-corrected chi connectivity index (χ2v) is 14.8. The van der Waals surface area contributed by atoms with E-state index in [0.29, 0.717) is 35.8 Å². The summed E-state index contributed by atoms with van der Waals surface area (Å²) in [6.45, 7) is 0.813. The van der Waals surface area contributed by atoms with Gasteiger partial charge in [-0.2, -0.15) is 0 Å². The molecule has 3 aromatic rings. The predicted octanol–water partition coefficient (Wildman–Crippen LogP) is 5.40. The van der Waals surface area contributed by atoms with Crippen LogP contribution in [0.1, 0.15) is 52.4 Å². The van der Waals surface area contributed by atoms with Gasteiger partial charge in [0.15, 0.2) is 9.84 Å². The average molecular weight is 665 g/mol. The minimum Gasteiger partial charge on any atom is -0.464 e. The summed E-state index contributed by atoms with van der Waals surface area (Å²) >= 11 is 12.2. The van der Waals surface area contributed by atoms with Gasteiger partial charge < -0.3 is 24.6 Å². The Morgan fingerprint density at radius 2 is 1.77 bits per heavy atom. The number of ether oxygens (including phenoxy) is 2. The first-order valence-corrected chi connectivity index (χ1v) is 17.0. The highest BCUT2D eigenvalue weighted by molar-refractivity contribution is 7.90. The summed E-state index contributed by atoms with van der Waals surface area (Å²) in [5.74, 6) is -0.995. The molecule has 12 heteroatoms. The molecule has 0 aromatic heterocycles. The lowest BCUT2D eigenvalue weighted by Gasteiger charge is -2.28. The Morgan fingerprint density at radius 3 is 2.43 bits per heavy atom. The van der Waals surface area contributed by atoms with Gasteiger partial charge in [0.2, 0.25) is 6.29 Å². The van der Waals surface area contributed by atoms with Crippen LogP contribution in [0, 0.1) is 23.1 Å². The molecule has 0 radical (unpaired) electrons. The standard InChI is InChI=1S/C32H32Cl2FNO7S/c1-44(40,41)27-12-22(34)7-4-20(27)16-36-29(19-2-5-21(33)6-3-19)28-24(30(36)38)13-23(14-26(28)35)43-31(39)32(17-37)15-25(32)18-8-10-42-11-9-18/h2-7,12-14,18,25,29,31,37,39H,8-11,15-17H2,1H3/t25?,29-,31?,32?/m1/s1. The van der Waals surface area contributed by atoms with Crippen molar-refractivity contribution in [2.24, 2.45) is 17.3 Å². The number of carbonyl (C=O) groups is 1. The number of benzene rings is 3. The van der Waals surface area contributed by atoms with Crippen LogP contribution in [0.15, 0.2) is 59.5 Å². The molecule has 1 amide bonds. The summed E-state index contributed by atoms with van der Waals surface area (Å²) in [4.78, 5) is 15.3. The minimum absolute atomic E-state index is 0.0249. The van der Waals surface area contributed by atoms with Crippen LogP contribution in [0.2, 0.25) is 10.0 Å². The summed E-state index contributed by atoms with van der Waals surface area (Å²) < 4.78 is 52.5. The van der Waals surface area contributed by atoms with Gasteiger partial charge in [-0.05, 0) is 72.6 Å². The first-order chi connectivity index (χ1) is 20.9. The fraction of sp³-hybridized carbons (Fsp3) is 0.406. The van der Waals surface area contributed by atoms with Gasteiger partial charge in [0.1, 0.15) is 11.6 Å². The number of hydrogen-bond acceptors (Lipinski definition) is 7. The Morgan fingerprint density at radius 1 is 1.09 bits per heavy atom. The summed E-state index contributed by atoms with van der Waals surface area (Å²) in [6, 6.07) is 12.6. The molecule has 3 aromatic carbocycles. The number of aliphatic hydroxyl groups is 2. The van der Waals surface area contributed by atoms with Crippen LogP contribution in [0.25, 0.3) is 0 Å². The zero-order valence-corrected chi connectivity index (χ0v) is 26.2. The van der Waals surface area contributed by atoms with Gasteiger partial charge in [-0.1, -0.05) is 41.4 Å². The number of rotatable bonds is 9. The minimum atomic E-state index is -3.71. The first-order valence-electron chi connectivity index (χ1n) is 14.3. The molecule has 0 spiro atoms. The molecule has 6 rings (SSSR count). The van der Waals surface area contributed by atoms with Gasteiger partial charge in [-0.15, -0.1) is 0 Å². The molecule has 234 valence electrons.